The molecule has 4 heteroatoms. The number of hydrogen-bond donors (Lipinski definition) is 0. The second-order valence-corrected chi connectivity index (χ2v) is 5.74. The van der Waals surface area contributed by atoms with Gasteiger partial charge in [0.05, 0.1) is 11.2 Å². The Morgan fingerprint density at radius 2 is 2.31 bits per heavy atom. The zero-order valence-electron chi connectivity index (χ0n) is 10.4. The lowest BCUT2D eigenvalue weighted by atomic mass is 9.99. The first-order chi connectivity index (χ1) is 7.66. The molecule has 0 amide bonds. The molecule has 1 aliphatic rings. The van der Waals surface area contributed by atoms with E-state index in [1.165, 1.54) is 18.8 Å². The molecule has 0 aliphatic carbocycles. The van der Waals surface area contributed by atoms with Gasteiger partial charge in [0.15, 0.2) is 0 Å². The van der Waals surface area contributed by atoms with Crippen molar-refractivity contribution in [2.75, 3.05) is 26.7 Å². The van der Waals surface area contributed by atoms with E-state index in [1.54, 1.807) is 11.3 Å². The van der Waals surface area contributed by atoms with Crippen LogP contribution in [0.3, 0.4) is 0 Å². The van der Waals surface area contributed by atoms with Crippen LogP contribution in [-0.4, -0.2) is 47.5 Å². The molecule has 0 unspecified atom stereocenters. The van der Waals surface area contributed by atoms with Gasteiger partial charge in [0.25, 0.3) is 0 Å². The molecule has 0 N–H and O–H groups in total. The van der Waals surface area contributed by atoms with Crippen molar-refractivity contribution in [1.29, 1.82) is 0 Å². The monoisotopic (exact) mass is 239 g/mol. The van der Waals surface area contributed by atoms with Crippen LogP contribution in [0.15, 0.2) is 10.9 Å². The number of thiazole rings is 1. The van der Waals surface area contributed by atoms with Gasteiger partial charge in [0, 0.05) is 37.6 Å². The van der Waals surface area contributed by atoms with Gasteiger partial charge in [-0.2, -0.15) is 0 Å². The Bertz CT molecular complexity index is 310. The molecule has 1 saturated heterocycles. The van der Waals surface area contributed by atoms with Crippen molar-refractivity contribution in [2.45, 2.75) is 26.4 Å². The van der Waals surface area contributed by atoms with Gasteiger partial charge in [-0.1, -0.05) is 13.8 Å². The maximum absolute atomic E-state index is 4.39. The van der Waals surface area contributed by atoms with Crippen molar-refractivity contribution >= 4 is 11.3 Å². The lowest BCUT2D eigenvalue weighted by molar-refractivity contribution is 0.0563. The van der Waals surface area contributed by atoms with E-state index in [4.69, 9.17) is 0 Å². The first-order valence-electron chi connectivity index (χ1n) is 5.96. The van der Waals surface area contributed by atoms with Gasteiger partial charge < -0.3 is 4.90 Å². The molecule has 2 rings (SSSR count). The quantitative estimate of drug-likeness (QED) is 0.803. The minimum Gasteiger partial charge on any atom is -0.304 e. The summed E-state index contributed by atoms with van der Waals surface area (Å²) in [5.41, 5.74) is 3.15. The Morgan fingerprint density at radius 3 is 2.94 bits per heavy atom. The Morgan fingerprint density at radius 1 is 1.50 bits per heavy atom. The van der Waals surface area contributed by atoms with Crippen LogP contribution < -0.4 is 0 Å². The molecule has 1 atom stereocenters. The summed E-state index contributed by atoms with van der Waals surface area (Å²) in [5.74, 6) is 0.710. The zero-order valence-corrected chi connectivity index (χ0v) is 11.2. The molecule has 0 saturated carbocycles. The Labute approximate surface area is 102 Å². The summed E-state index contributed by atoms with van der Waals surface area (Å²) in [7, 11) is 2.22. The van der Waals surface area contributed by atoms with Gasteiger partial charge in [-0.15, -0.1) is 11.3 Å². The highest BCUT2D eigenvalue weighted by atomic mass is 32.1. The fraction of sp³-hybridized carbons (Fsp3) is 0.750. The largest absolute Gasteiger partial charge is 0.304 e. The summed E-state index contributed by atoms with van der Waals surface area (Å²) >= 11 is 1.69. The lowest BCUT2D eigenvalue weighted by Gasteiger charge is -2.41. The second-order valence-electron chi connectivity index (χ2n) is 5.02. The molecule has 16 heavy (non-hydrogen) atoms. The van der Waals surface area contributed by atoms with Crippen molar-refractivity contribution in [3.8, 4) is 0 Å². The summed E-state index contributed by atoms with van der Waals surface area (Å²) < 4.78 is 0. The first-order valence-corrected chi connectivity index (χ1v) is 6.90. The number of nitrogens with zero attached hydrogens (tertiary/aromatic N) is 3. The molecule has 0 bridgehead atoms. The van der Waals surface area contributed by atoms with Crippen LogP contribution in [0.4, 0.5) is 0 Å². The molecule has 0 aromatic carbocycles. The summed E-state index contributed by atoms with van der Waals surface area (Å²) in [5, 5.41) is 2.16. The highest BCUT2D eigenvalue weighted by molar-refractivity contribution is 7.07. The third-order valence-electron chi connectivity index (χ3n) is 3.35. The molecule has 0 radical (unpaired) electrons. The molecular formula is C12H21N3S. The zero-order chi connectivity index (χ0) is 11.5. The number of likely N-dealkylation sites (N-methyl/N-ethyl adjacent to an activating group) is 1. The van der Waals surface area contributed by atoms with Gasteiger partial charge in [-0.05, 0) is 13.0 Å². The summed E-state index contributed by atoms with van der Waals surface area (Å²) in [6, 6.07) is 0.667. The fourth-order valence-electron chi connectivity index (χ4n) is 2.34. The van der Waals surface area contributed by atoms with E-state index >= 15 is 0 Å². The van der Waals surface area contributed by atoms with Crippen LogP contribution in [0.1, 0.15) is 19.5 Å². The third kappa shape index (κ3) is 2.81. The standard InChI is InChI=1S/C12H21N3S/c1-10(2)12-7-14(3)4-5-15(12)6-11-8-16-9-13-11/h8-10,12H,4-7H2,1-3H3/t12-/m1/s1. The van der Waals surface area contributed by atoms with Crippen molar-refractivity contribution in [1.82, 2.24) is 14.8 Å². The summed E-state index contributed by atoms with van der Waals surface area (Å²) in [4.78, 5) is 9.40. The fourth-order valence-corrected chi connectivity index (χ4v) is 2.89. The highest BCUT2D eigenvalue weighted by Gasteiger charge is 2.27. The SMILES string of the molecule is CC(C)[C@H]1CN(C)CCN1Cc1cscn1. The predicted molar refractivity (Wildman–Crippen MR) is 68.6 cm³/mol. The van der Waals surface area contributed by atoms with Gasteiger partial charge in [-0.3, -0.25) is 4.90 Å². The van der Waals surface area contributed by atoms with E-state index in [0.717, 1.165) is 13.1 Å². The topological polar surface area (TPSA) is 19.4 Å². The molecular weight excluding hydrogens is 218 g/mol. The smallest absolute Gasteiger partial charge is 0.0795 e. The van der Waals surface area contributed by atoms with E-state index in [2.05, 4.69) is 41.1 Å². The molecule has 3 nitrogen and oxygen atoms in total. The predicted octanol–water partition coefficient (Wildman–Crippen LogP) is 1.92. The van der Waals surface area contributed by atoms with Crippen molar-refractivity contribution in [3.63, 3.8) is 0 Å². The minimum absolute atomic E-state index is 0.667. The van der Waals surface area contributed by atoms with Gasteiger partial charge in [-0.25, -0.2) is 4.98 Å². The number of piperazine rings is 1. The number of aromatic nitrogens is 1. The maximum Gasteiger partial charge on any atom is 0.0795 e. The third-order valence-corrected chi connectivity index (χ3v) is 3.99. The van der Waals surface area contributed by atoms with Crippen LogP contribution in [0.25, 0.3) is 0 Å². The molecule has 1 aliphatic heterocycles. The molecule has 1 aromatic rings. The summed E-state index contributed by atoms with van der Waals surface area (Å²) in [6.45, 7) is 9.17. The number of hydrogen-bond acceptors (Lipinski definition) is 4. The minimum atomic E-state index is 0.667. The van der Waals surface area contributed by atoms with E-state index < -0.39 is 0 Å². The average molecular weight is 239 g/mol. The van der Waals surface area contributed by atoms with Crippen molar-refractivity contribution < 1.29 is 0 Å². The van der Waals surface area contributed by atoms with Gasteiger partial charge in [0.1, 0.15) is 0 Å². The lowest BCUT2D eigenvalue weighted by Crippen LogP contribution is -2.53. The average Bonchev–Trinajstić information content (AvgIpc) is 2.73. The number of rotatable bonds is 3. The normalized spacial score (nSPS) is 24.1. The van der Waals surface area contributed by atoms with Crippen LogP contribution in [-0.2, 0) is 6.54 Å². The Hall–Kier alpha value is -0.450. The van der Waals surface area contributed by atoms with Crippen molar-refractivity contribution in [3.05, 3.63) is 16.6 Å². The van der Waals surface area contributed by atoms with E-state index in [9.17, 15) is 0 Å². The Balaban J connectivity index is 2.01. The Kier molecular flexibility index (Phi) is 3.95. The van der Waals surface area contributed by atoms with Crippen LogP contribution in [0.5, 0.6) is 0 Å². The molecule has 1 aromatic heterocycles. The molecule has 90 valence electrons. The van der Waals surface area contributed by atoms with E-state index in [-0.39, 0.29) is 0 Å². The molecule has 1 fully saturated rings. The van der Waals surface area contributed by atoms with Crippen LogP contribution >= 0.6 is 11.3 Å². The highest BCUT2D eigenvalue weighted by Crippen LogP contribution is 2.19. The van der Waals surface area contributed by atoms with Crippen LogP contribution in [0.2, 0.25) is 0 Å². The van der Waals surface area contributed by atoms with Gasteiger partial charge >= 0.3 is 0 Å². The van der Waals surface area contributed by atoms with Crippen LogP contribution in [0, 0.1) is 5.92 Å². The summed E-state index contributed by atoms with van der Waals surface area (Å²) in [6.07, 6.45) is 0. The van der Waals surface area contributed by atoms with Crippen molar-refractivity contribution in [2.24, 2.45) is 5.92 Å². The maximum atomic E-state index is 4.39. The van der Waals surface area contributed by atoms with E-state index in [1.807, 2.05) is 5.51 Å². The first kappa shape index (κ1) is 12.0. The molecule has 0 spiro atoms. The second kappa shape index (κ2) is 5.25. The van der Waals surface area contributed by atoms with Gasteiger partial charge in [0.2, 0.25) is 0 Å². The van der Waals surface area contributed by atoms with E-state index in [0.29, 0.717) is 12.0 Å². The molecule has 2 heterocycles.